The Kier molecular flexibility index (Phi) is 16.1. The van der Waals surface area contributed by atoms with E-state index in [4.69, 9.17) is 42.6 Å². The van der Waals surface area contributed by atoms with Gasteiger partial charge in [-0.2, -0.15) is 0 Å². The summed E-state index contributed by atoms with van der Waals surface area (Å²) in [5.41, 5.74) is 0. The van der Waals surface area contributed by atoms with E-state index < -0.39 is 187 Å². The van der Waals surface area contributed by atoms with Gasteiger partial charge in [0.25, 0.3) is 0 Å². The smallest absolute Gasteiger partial charge is 0.186 e. The fourth-order valence-corrected chi connectivity index (χ4v) is 6.61. The molecular weight excluding hydrogens is 776 g/mol. The molecule has 26 nitrogen and oxygen atoms in total. The minimum atomic E-state index is -1.96. The first-order chi connectivity index (χ1) is 26.4. The van der Waals surface area contributed by atoms with Gasteiger partial charge in [0.05, 0.1) is 33.0 Å². The maximum atomic E-state index is 10.6. The lowest BCUT2D eigenvalue weighted by molar-refractivity contribution is -0.350. The second-order valence-electron chi connectivity index (χ2n) is 14.1. The van der Waals surface area contributed by atoms with Gasteiger partial charge in [0.1, 0.15) is 122 Å². The fourth-order valence-electron chi connectivity index (χ4n) is 6.61. The van der Waals surface area contributed by atoms with Crippen LogP contribution in [0.15, 0.2) is 0 Å². The normalized spacial score (nSPS) is 53.2. The number of hydrogen-bond donors (Lipinski definition) is 17. The minimum absolute atomic E-state index is 0.669. The number of aliphatic hydroxyl groups is 17. The first-order valence-electron chi connectivity index (χ1n) is 17.6. The second-order valence-corrected chi connectivity index (χ2v) is 14.1. The van der Waals surface area contributed by atoms with Gasteiger partial charge in [-0.3, -0.25) is 0 Å². The molecular formula is C30H52O26. The Balaban J connectivity index is 1.15. The lowest BCUT2D eigenvalue weighted by atomic mass is 9.97. The van der Waals surface area contributed by atoms with Crippen LogP contribution in [-0.2, 0) is 42.6 Å². The highest BCUT2D eigenvalue weighted by molar-refractivity contribution is 4.95. The molecule has 0 spiro atoms. The van der Waals surface area contributed by atoms with Gasteiger partial charge in [0.15, 0.2) is 31.5 Å². The van der Waals surface area contributed by atoms with Crippen LogP contribution in [0.3, 0.4) is 0 Å². The molecule has 17 N–H and O–H groups in total. The van der Waals surface area contributed by atoms with E-state index in [1.807, 2.05) is 0 Å². The molecule has 0 amide bonds. The zero-order chi connectivity index (χ0) is 41.3. The first-order valence-corrected chi connectivity index (χ1v) is 17.6. The maximum Gasteiger partial charge on any atom is 0.186 e. The largest absolute Gasteiger partial charge is 0.394 e. The highest BCUT2D eigenvalue weighted by atomic mass is 16.8. The summed E-state index contributed by atoms with van der Waals surface area (Å²) < 4.78 is 48.5. The highest BCUT2D eigenvalue weighted by Gasteiger charge is 2.51. The molecule has 0 saturated carbocycles. The van der Waals surface area contributed by atoms with Crippen molar-refractivity contribution in [3.8, 4) is 0 Å². The summed E-state index contributed by atoms with van der Waals surface area (Å²) in [7, 11) is 0. The van der Waals surface area contributed by atoms with Crippen LogP contribution in [0, 0.1) is 0 Å². The van der Waals surface area contributed by atoms with Gasteiger partial charge in [0, 0.05) is 0 Å². The molecule has 0 aromatic heterocycles. The second kappa shape index (κ2) is 19.6. The summed E-state index contributed by atoms with van der Waals surface area (Å²) in [5.74, 6) is 0. The molecule has 328 valence electrons. The van der Waals surface area contributed by atoms with Crippen molar-refractivity contribution in [2.24, 2.45) is 0 Å². The third-order valence-electron chi connectivity index (χ3n) is 10.2. The Morgan fingerprint density at radius 1 is 0.268 bits per heavy atom. The SMILES string of the molecule is OCC1OC(OCC2OC(OCC3OC(OCC4OC(OCC5OC(O)C(O)C(O)C5O)C(O)C(O)C4O)C(O)C(O)C3O)C(O)C(O)C2O)C(O)C(O)C1O. The molecule has 25 unspecified atom stereocenters. The highest BCUT2D eigenvalue weighted by Crippen LogP contribution is 2.30. The number of rotatable bonds is 13. The average molecular weight is 829 g/mol. The van der Waals surface area contributed by atoms with E-state index >= 15 is 0 Å². The predicted molar refractivity (Wildman–Crippen MR) is 167 cm³/mol. The van der Waals surface area contributed by atoms with E-state index in [-0.39, 0.29) is 0 Å². The summed E-state index contributed by atoms with van der Waals surface area (Å²) in [6.07, 6.45) is -44.0. The standard InChI is InChI=1S/C30H52O26/c31-1-6-11(32)17(38)22(43)27(53-6)49-3-8-13(34)19(40)24(45)29(55-8)51-5-10-15(36)20(41)25(46)30(56-10)50-4-9-14(35)18(39)23(44)28(54-9)48-2-7-12(33)16(37)21(42)26(47)52-7/h6-47H,1-5H2. The Morgan fingerprint density at radius 3 is 0.786 bits per heavy atom. The van der Waals surface area contributed by atoms with Gasteiger partial charge < -0.3 is 129 Å². The predicted octanol–water partition coefficient (Wildman–Crippen LogP) is -11.9. The molecule has 25 atom stereocenters. The maximum absolute atomic E-state index is 10.6. The average Bonchev–Trinajstić information content (AvgIpc) is 3.18. The van der Waals surface area contributed by atoms with Crippen LogP contribution in [-0.4, -0.2) is 273 Å². The van der Waals surface area contributed by atoms with Crippen molar-refractivity contribution in [3.05, 3.63) is 0 Å². The molecule has 5 saturated heterocycles. The van der Waals surface area contributed by atoms with Crippen molar-refractivity contribution < 1.29 is 129 Å². The fraction of sp³-hybridized carbons (Fsp3) is 1.00. The summed E-state index contributed by atoms with van der Waals surface area (Å²) in [4.78, 5) is 0. The molecule has 0 aliphatic carbocycles. The molecule has 5 aliphatic rings. The van der Waals surface area contributed by atoms with Crippen molar-refractivity contribution in [2.45, 2.75) is 154 Å². The van der Waals surface area contributed by atoms with E-state index in [0.29, 0.717) is 0 Å². The van der Waals surface area contributed by atoms with Crippen LogP contribution in [0.5, 0.6) is 0 Å². The molecule has 5 rings (SSSR count). The molecule has 26 heteroatoms. The van der Waals surface area contributed by atoms with E-state index in [1.165, 1.54) is 0 Å². The van der Waals surface area contributed by atoms with Gasteiger partial charge in [-0.15, -0.1) is 0 Å². The molecule has 0 aromatic rings. The number of ether oxygens (including phenoxy) is 9. The minimum Gasteiger partial charge on any atom is -0.394 e. The Labute approximate surface area is 316 Å². The van der Waals surface area contributed by atoms with Crippen molar-refractivity contribution in [2.75, 3.05) is 33.0 Å². The summed E-state index contributed by atoms with van der Waals surface area (Å²) in [6.45, 7) is -3.57. The quantitative estimate of drug-likeness (QED) is 0.0819. The van der Waals surface area contributed by atoms with Crippen LogP contribution in [0.25, 0.3) is 0 Å². The van der Waals surface area contributed by atoms with E-state index in [9.17, 15) is 86.8 Å². The Hall–Kier alpha value is -1.04. The Bertz CT molecular complexity index is 1210. The zero-order valence-corrected chi connectivity index (χ0v) is 29.2. The van der Waals surface area contributed by atoms with Gasteiger partial charge in [-0.25, -0.2) is 0 Å². The summed E-state index contributed by atoms with van der Waals surface area (Å²) in [6, 6.07) is 0. The molecule has 5 aliphatic heterocycles. The van der Waals surface area contributed by atoms with Gasteiger partial charge in [-0.1, -0.05) is 0 Å². The number of aliphatic hydroxyl groups excluding tert-OH is 17. The molecule has 0 radical (unpaired) electrons. The molecule has 0 aromatic carbocycles. The zero-order valence-electron chi connectivity index (χ0n) is 29.2. The van der Waals surface area contributed by atoms with Crippen LogP contribution < -0.4 is 0 Å². The van der Waals surface area contributed by atoms with Crippen LogP contribution in [0.4, 0.5) is 0 Å². The molecule has 5 heterocycles. The molecule has 56 heavy (non-hydrogen) atoms. The third-order valence-corrected chi connectivity index (χ3v) is 10.2. The van der Waals surface area contributed by atoms with Crippen molar-refractivity contribution in [3.63, 3.8) is 0 Å². The Morgan fingerprint density at radius 2 is 0.500 bits per heavy atom. The van der Waals surface area contributed by atoms with E-state index in [0.717, 1.165) is 0 Å². The molecule has 5 fully saturated rings. The van der Waals surface area contributed by atoms with Gasteiger partial charge in [-0.05, 0) is 0 Å². The van der Waals surface area contributed by atoms with Gasteiger partial charge in [0.2, 0.25) is 0 Å². The number of hydrogen-bond acceptors (Lipinski definition) is 26. The van der Waals surface area contributed by atoms with Crippen LogP contribution in [0.2, 0.25) is 0 Å². The monoisotopic (exact) mass is 828 g/mol. The first kappa shape index (κ1) is 46.0. The topological polar surface area (TPSA) is 427 Å². The lowest BCUT2D eigenvalue weighted by Gasteiger charge is -2.44. The third kappa shape index (κ3) is 9.77. The van der Waals surface area contributed by atoms with E-state index in [2.05, 4.69) is 0 Å². The lowest BCUT2D eigenvalue weighted by Crippen LogP contribution is -2.63. The van der Waals surface area contributed by atoms with Crippen molar-refractivity contribution in [1.29, 1.82) is 0 Å². The van der Waals surface area contributed by atoms with Crippen molar-refractivity contribution in [1.82, 2.24) is 0 Å². The summed E-state index contributed by atoms with van der Waals surface area (Å²) >= 11 is 0. The van der Waals surface area contributed by atoms with E-state index in [1.54, 1.807) is 0 Å². The van der Waals surface area contributed by atoms with Crippen LogP contribution in [0.1, 0.15) is 0 Å². The summed E-state index contributed by atoms with van der Waals surface area (Å²) in [5, 5.41) is 173. The van der Waals surface area contributed by atoms with Crippen molar-refractivity contribution >= 4 is 0 Å². The molecule has 0 bridgehead atoms. The van der Waals surface area contributed by atoms with Crippen LogP contribution >= 0.6 is 0 Å². The van der Waals surface area contributed by atoms with Gasteiger partial charge >= 0.3 is 0 Å².